The number of hydrogen-bond acceptors (Lipinski definition) is 4. The van der Waals surface area contributed by atoms with Crippen molar-refractivity contribution in [3.63, 3.8) is 0 Å². The van der Waals surface area contributed by atoms with Gasteiger partial charge >= 0.3 is 0 Å². The van der Waals surface area contributed by atoms with Gasteiger partial charge in [-0.3, -0.25) is 4.79 Å². The van der Waals surface area contributed by atoms with E-state index < -0.39 is 6.10 Å². The minimum atomic E-state index is -0.712. The van der Waals surface area contributed by atoms with Gasteiger partial charge in [0.15, 0.2) is 0 Å². The Labute approximate surface area is 117 Å². The third-order valence-electron chi connectivity index (χ3n) is 2.91. The van der Waals surface area contributed by atoms with E-state index in [1.54, 1.807) is 43.5 Å². The summed E-state index contributed by atoms with van der Waals surface area (Å²) in [5.41, 5.74) is 0.525. The third kappa shape index (κ3) is 3.61. The number of benzene rings is 1. The largest absolute Gasteiger partial charge is 0.497 e. The van der Waals surface area contributed by atoms with Crippen LogP contribution in [0.4, 0.5) is 0 Å². The number of carbonyl (C=O) groups excluding carboxylic acids is 1. The van der Waals surface area contributed by atoms with Gasteiger partial charge < -0.3 is 19.6 Å². The zero-order valence-electron chi connectivity index (χ0n) is 11.2. The molecular formula is C15H17NO4. The second-order valence-electron chi connectivity index (χ2n) is 4.31. The fourth-order valence-corrected chi connectivity index (χ4v) is 1.81. The summed E-state index contributed by atoms with van der Waals surface area (Å²) >= 11 is 0. The lowest BCUT2D eigenvalue weighted by Crippen LogP contribution is -2.25. The Bertz CT molecular complexity index is 551. The van der Waals surface area contributed by atoms with Gasteiger partial charge in [-0.1, -0.05) is 6.07 Å². The van der Waals surface area contributed by atoms with Crippen molar-refractivity contribution in [3.05, 3.63) is 54.0 Å². The molecule has 5 heteroatoms. The number of hydrogen-bond donors (Lipinski definition) is 2. The Morgan fingerprint density at radius 1 is 1.40 bits per heavy atom. The molecule has 0 spiro atoms. The quantitative estimate of drug-likeness (QED) is 0.847. The number of aliphatic hydroxyl groups excluding tert-OH is 1. The van der Waals surface area contributed by atoms with Gasteiger partial charge in [-0.15, -0.1) is 0 Å². The predicted molar refractivity (Wildman–Crippen MR) is 73.6 cm³/mol. The molecule has 2 rings (SSSR count). The van der Waals surface area contributed by atoms with Crippen LogP contribution < -0.4 is 10.1 Å². The summed E-state index contributed by atoms with van der Waals surface area (Å²) < 4.78 is 10.2. The minimum Gasteiger partial charge on any atom is -0.497 e. The SMILES string of the molecule is COc1cccc(C(=O)NCC[C@@H](O)c2ccco2)c1. The van der Waals surface area contributed by atoms with Gasteiger partial charge in [-0.2, -0.15) is 0 Å². The van der Waals surface area contributed by atoms with E-state index in [1.165, 1.54) is 6.26 Å². The number of amides is 1. The summed E-state index contributed by atoms with van der Waals surface area (Å²) in [6.07, 6.45) is 1.19. The van der Waals surface area contributed by atoms with Crippen LogP contribution in [0.3, 0.4) is 0 Å². The predicted octanol–water partition coefficient (Wildman–Crippen LogP) is 2.14. The molecule has 106 valence electrons. The Balaban J connectivity index is 1.83. The van der Waals surface area contributed by atoms with Crippen LogP contribution in [0.25, 0.3) is 0 Å². The molecule has 1 aromatic carbocycles. The van der Waals surface area contributed by atoms with Crippen molar-refractivity contribution in [2.24, 2.45) is 0 Å². The van der Waals surface area contributed by atoms with E-state index in [0.717, 1.165) is 0 Å². The number of rotatable bonds is 6. The highest BCUT2D eigenvalue weighted by atomic mass is 16.5. The fraction of sp³-hybridized carbons (Fsp3) is 0.267. The molecule has 0 fully saturated rings. The molecular weight excluding hydrogens is 258 g/mol. The first-order valence-corrected chi connectivity index (χ1v) is 6.34. The molecule has 0 saturated carbocycles. The van der Waals surface area contributed by atoms with E-state index in [4.69, 9.17) is 9.15 Å². The summed E-state index contributed by atoms with van der Waals surface area (Å²) in [5, 5.41) is 12.6. The molecule has 1 atom stereocenters. The molecule has 1 amide bonds. The number of carbonyl (C=O) groups is 1. The van der Waals surface area contributed by atoms with Crippen molar-refractivity contribution < 1.29 is 19.1 Å². The first kappa shape index (κ1) is 14.1. The first-order valence-electron chi connectivity index (χ1n) is 6.34. The van der Waals surface area contributed by atoms with E-state index in [2.05, 4.69) is 5.32 Å². The molecule has 20 heavy (non-hydrogen) atoms. The third-order valence-corrected chi connectivity index (χ3v) is 2.91. The molecule has 0 bridgehead atoms. The van der Waals surface area contributed by atoms with E-state index in [1.807, 2.05) is 0 Å². The van der Waals surface area contributed by atoms with Crippen molar-refractivity contribution in [2.75, 3.05) is 13.7 Å². The standard InChI is InChI=1S/C15H17NO4/c1-19-12-5-2-4-11(10-12)15(18)16-8-7-13(17)14-6-3-9-20-14/h2-6,9-10,13,17H,7-8H2,1H3,(H,16,18)/t13-/m1/s1. The lowest BCUT2D eigenvalue weighted by atomic mass is 10.2. The van der Waals surface area contributed by atoms with Gasteiger partial charge in [-0.25, -0.2) is 0 Å². The zero-order chi connectivity index (χ0) is 14.4. The number of furan rings is 1. The van der Waals surface area contributed by atoms with Crippen LogP contribution in [-0.2, 0) is 0 Å². The van der Waals surface area contributed by atoms with Crippen molar-refractivity contribution >= 4 is 5.91 Å². The lowest BCUT2D eigenvalue weighted by Gasteiger charge is -2.09. The highest BCUT2D eigenvalue weighted by Gasteiger charge is 2.11. The van der Waals surface area contributed by atoms with Crippen molar-refractivity contribution in [2.45, 2.75) is 12.5 Å². The molecule has 0 radical (unpaired) electrons. The number of ether oxygens (including phenoxy) is 1. The van der Waals surface area contributed by atoms with Gasteiger partial charge in [0.05, 0.1) is 13.4 Å². The molecule has 1 heterocycles. The molecule has 1 aromatic heterocycles. The van der Waals surface area contributed by atoms with Gasteiger partial charge in [-0.05, 0) is 36.8 Å². The Morgan fingerprint density at radius 2 is 2.25 bits per heavy atom. The van der Waals surface area contributed by atoms with Crippen molar-refractivity contribution in [1.82, 2.24) is 5.32 Å². The zero-order valence-corrected chi connectivity index (χ0v) is 11.2. The summed E-state index contributed by atoms with van der Waals surface area (Å²) in [7, 11) is 1.55. The van der Waals surface area contributed by atoms with Crippen LogP contribution >= 0.6 is 0 Å². The van der Waals surface area contributed by atoms with Gasteiger partial charge in [0.2, 0.25) is 0 Å². The Hall–Kier alpha value is -2.27. The highest BCUT2D eigenvalue weighted by Crippen LogP contribution is 2.16. The highest BCUT2D eigenvalue weighted by molar-refractivity contribution is 5.94. The van der Waals surface area contributed by atoms with Crippen molar-refractivity contribution in [1.29, 1.82) is 0 Å². The molecule has 0 aliphatic heterocycles. The normalized spacial score (nSPS) is 11.9. The second-order valence-corrected chi connectivity index (χ2v) is 4.31. The number of methoxy groups -OCH3 is 1. The maximum atomic E-state index is 11.9. The summed E-state index contributed by atoms with van der Waals surface area (Å²) in [5.74, 6) is 0.935. The smallest absolute Gasteiger partial charge is 0.251 e. The minimum absolute atomic E-state index is 0.199. The van der Waals surface area contributed by atoms with Crippen LogP contribution in [0.15, 0.2) is 47.1 Å². The number of aliphatic hydroxyl groups is 1. The first-order chi connectivity index (χ1) is 9.70. The molecule has 0 aliphatic carbocycles. The summed E-state index contributed by atoms with van der Waals surface area (Å²) in [4.78, 5) is 11.9. The fourth-order valence-electron chi connectivity index (χ4n) is 1.81. The van der Waals surface area contributed by atoms with Crippen LogP contribution in [0.5, 0.6) is 5.75 Å². The average Bonchev–Trinajstić information content (AvgIpc) is 3.01. The molecule has 2 N–H and O–H groups in total. The maximum Gasteiger partial charge on any atom is 0.251 e. The molecule has 0 unspecified atom stereocenters. The molecule has 2 aromatic rings. The maximum absolute atomic E-state index is 11.9. The summed E-state index contributed by atoms with van der Waals surface area (Å²) in [6.45, 7) is 0.359. The van der Waals surface area contributed by atoms with Crippen LogP contribution in [0.1, 0.15) is 28.6 Å². The van der Waals surface area contributed by atoms with Crippen LogP contribution in [0, 0.1) is 0 Å². The van der Waals surface area contributed by atoms with E-state index >= 15 is 0 Å². The van der Waals surface area contributed by atoms with Crippen LogP contribution in [-0.4, -0.2) is 24.7 Å². The molecule has 0 aliphatic rings. The second kappa shape index (κ2) is 6.77. The lowest BCUT2D eigenvalue weighted by molar-refractivity contribution is 0.0935. The molecule has 5 nitrogen and oxygen atoms in total. The van der Waals surface area contributed by atoms with Gasteiger partial charge in [0.25, 0.3) is 5.91 Å². The van der Waals surface area contributed by atoms with Crippen LogP contribution in [0.2, 0.25) is 0 Å². The van der Waals surface area contributed by atoms with Crippen molar-refractivity contribution in [3.8, 4) is 5.75 Å². The average molecular weight is 275 g/mol. The Kier molecular flexibility index (Phi) is 4.79. The number of nitrogens with one attached hydrogen (secondary N) is 1. The van der Waals surface area contributed by atoms with Gasteiger partial charge in [0, 0.05) is 12.1 Å². The monoisotopic (exact) mass is 275 g/mol. The molecule has 0 saturated heterocycles. The van der Waals surface area contributed by atoms with Gasteiger partial charge in [0.1, 0.15) is 17.6 Å². The van der Waals surface area contributed by atoms with E-state index in [9.17, 15) is 9.90 Å². The topological polar surface area (TPSA) is 71.7 Å². The Morgan fingerprint density at radius 3 is 2.95 bits per heavy atom. The summed E-state index contributed by atoms with van der Waals surface area (Å²) in [6, 6.07) is 10.3. The van der Waals surface area contributed by atoms with E-state index in [-0.39, 0.29) is 5.91 Å². The van der Waals surface area contributed by atoms with E-state index in [0.29, 0.717) is 30.0 Å².